The minimum atomic E-state index is -3.74. The molecule has 2 atom stereocenters. The predicted octanol–water partition coefficient (Wildman–Crippen LogP) is 5.59. The number of sulfonamides is 1. The normalized spacial score (nSPS) is 16.3. The molecule has 0 aliphatic carbocycles. The summed E-state index contributed by atoms with van der Waals surface area (Å²) in [5.41, 5.74) is 5.24. The van der Waals surface area contributed by atoms with Gasteiger partial charge < -0.3 is 15.0 Å². The summed E-state index contributed by atoms with van der Waals surface area (Å²) in [4.78, 5) is 28.3. The number of hydrogen-bond donors (Lipinski definition) is 1. The molecule has 3 aromatic carbocycles. The number of anilines is 2. The Hall–Kier alpha value is -3.37. The summed E-state index contributed by atoms with van der Waals surface area (Å²) < 4.78 is 34.3. The van der Waals surface area contributed by atoms with Crippen molar-refractivity contribution in [1.29, 1.82) is 0 Å². The molecule has 0 radical (unpaired) electrons. The van der Waals surface area contributed by atoms with Crippen molar-refractivity contribution in [2.45, 2.75) is 64.5 Å². The van der Waals surface area contributed by atoms with E-state index in [0.717, 1.165) is 38.8 Å². The largest absolute Gasteiger partial charge is 0.481 e. The summed E-state index contributed by atoms with van der Waals surface area (Å²) in [6.07, 6.45) is 0.455. The molecule has 41 heavy (non-hydrogen) atoms. The molecule has 0 saturated carbocycles. The Balaban J connectivity index is 1.40. The predicted molar refractivity (Wildman–Crippen MR) is 165 cm³/mol. The van der Waals surface area contributed by atoms with Gasteiger partial charge in [-0.2, -0.15) is 0 Å². The molecule has 1 fully saturated rings. The van der Waals surface area contributed by atoms with Crippen molar-refractivity contribution in [3.8, 4) is 5.75 Å². The van der Waals surface area contributed by atoms with Gasteiger partial charge in [0.1, 0.15) is 11.8 Å². The smallest absolute Gasteiger partial charge is 0.264 e. The molecular weight excluding hydrogens is 606 g/mol. The highest BCUT2D eigenvalue weighted by Gasteiger charge is 2.33. The average Bonchev–Trinajstić information content (AvgIpc) is 2.91. The second-order valence-electron chi connectivity index (χ2n) is 10.6. The first-order valence-corrected chi connectivity index (χ1v) is 15.7. The van der Waals surface area contributed by atoms with Gasteiger partial charge in [-0.15, -0.1) is 0 Å². The van der Waals surface area contributed by atoms with Crippen LogP contribution in [0.2, 0.25) is 0 Å². The van der Waals surface area contributed by atoms with E-state index in [1.807, 2.05) is 39.8 Å². The molecule has 10 heteroatoms. The molecule has 1 N–H and O–H groups in total. The number of ether oxygens (including phenoxy) is 1. The van der Waals surface area contributed by atoms with E-state index in [9.17, 15) is 18.0 Å². The first kappa shape index (κ1) is 30.6. The summed E-state index contributed by atoms with van der Waals surface area (Å²) >= 11 is 3.50. The lowest BCUT2D eigenvalue weighted by Gasteiger charge is -2.35. The van der Waals surface area contributed by atoms with Gasteiger partial charge >= 0.3 is 0 Å². The first-order chi connectivity index (χ1) is 19.3. The van der Waals surface area contributed by atoms with Gasteiger partial charge in [0.15, 0.2) is 6.10 Å². The molecule has 3 aromatic rings. The molecule has 1 saturated heterocycles. The lowest BCUT2D eigenvalue weighted by molar-refractivity contribution is -0.132. The summed E-state index contributed by atoms with van der Waals surface area (Å²) in [6, 6.07) is 14.9. The second kappa shape index (κ2) is 12.2. The second-order valence-corrected chi connectivity index (χ2v) is 13.4. The Morgan fingerprint density at radius 3 is 2.24 bits per heavy atom. The number of piperidine rings is 1. The minimum Gasteiger partial charge on any atom is -0.481 e. The Morgan fingerprint density at radius 1 is 1.00 bits per heavy atom. The van der Waals surface area contributed by atoms with Gasteiger partial charge in [0.05, 0.1) is 10.6 Å². The Kier molecular flexibility index (Phi) is 9.13. The van der Waals surface area contributed by atoms with E-state index in [0.29, 0.717) is 24.4 Å². The van der Waals surface area contributed by atoms with Crippen LogP contribution in [-0.2, 0) is 19.6 Å². The van der Waals surface area contributed by atoms with Gasteiger partial charge in [-0.05, 0) is 118 Å². The zero-order valence-electron chi connectivity index (χ0n) is 24.2. The standard InChI is InChI=1S/C31H36BrN3O5S/c1-19-9-14-27(18-20(19)2)41(38,39)34(6)25-10-12-26(13-11-25)40-23(5)30(36)33-28-8-7-15-35(31(28)37)29-21(3)16-24(32)17-22(29)4/h9-14,16-18,23,28H,7-8,15H2,1-6H3,(H,33,36). The van der Waals surface area contributed by atoms with Crippen LogP contribution in [0.25, 0.3) is 0 Å². The maximum atomic E-state index is 13.4. The number of halogens is 1. The van der Waals surface area contributed by atoms with Gasteiger partial charge in [-0.3, -0.25) is 13.9 Å². The van der Waals surface area contributed by atoms with Crippen LogP contribution in [0.15, 0.2) is 64.0 Å². The Bertz CT molecular complexity index is 1550. The molecule has 8 nitrogen and oxygen atoms in total. The van der Waals surface area contributed by atoms with Crippen LogP contribution in [0.5, 0.6) is 5.75 Å². The van der Waals surface area contributed by atoms with Crippen molar-refractivity contribution in [1.82, 2.24) is 5.32 Å². The fourth-order valence-corrected chi connectivity index (χ4v) is 6.98. The van der Waals surface area contributed by atoms with Gasteiger partial charge in [0.2, 0.25) is 5.91 Å². The third-order valence-electron chi connectivity index (χ3n) is 7.50. The maximum absolute atomic E-state index is 13.4. The van der Waals surface area contributed by atoms with Crippen LogP contribution >= 0.6 is 15.9 Å². The molecule has 1 heterocycles. The van der Waals surface area contributed by atoms with Gasteiger partial charge in [-0.1, -0.05) is 22.0 Å². The number of nitrogens with zero attached hydrogens (tertiary/aromatic N) is 2. The third kappa shape index (κ3) is 6.59. The van der Waals surface area contributed by atoms with Crippen molar-refractivity contribution in [2.24, 2.45) is 0 Å². The lowest BCUT2D eigenvalue weighted by atomic mass is 10.0. The summed E-state index contributed by atoms with van der Waals surface area (Å²) in [6.45, 7) is 9.97. The van der Waals surface area contributed by atoms with Gasteiger partial charge in [0.25, 0.3) is 15.9 Å². The third-order valence-corrected chi connectivity index (χ3v) is 9.74. The van der Waals surface area contributed by atoms with E-state index >= 15 is 0 Å². The number of amides is 2. The summed E-state index contributed by atoms with van der Waals surface area (Å²) in [5, 5.41) is 2.86. The van der Waals surface area contributed by atoms with E-state index in [2.05, 4.69) is 21.2 Å². The molecule has 2 amide bonds. The van der Waals surface area contributed by atoms with Crippen molar-refractivity contribution >= 4 is 49.1 Å². The molecule has 0 aromatic heterocycles. The minimum absolute atomic E-state index is 0.136. The van der Waals surface area contributed by atoms with Crippen LogP contribution < -0.4 is 19.3 Å². The number of rotatable bonds is 8. The van der Waals surface area contributed by atoms with E-state index in [1.54, 1.807) is 54.3 Å². The lowest BCUT2D eigenvalue weighted by Crippen LogP contribution is -2.54. The number of carbonyl (C=O) groups excluding carboxylic acids is 2. The van der Waals surface area contributed by atoms with E-state index < -0.39 is 28.1 Å². The number of hydrogen-bond acceptors (Lipinski definition) is 5. The fraction of sp³-hybridized carbons (Fsp3) is 0.355. The number of nitrogens with one attached hydrogen (secondary N) is 1. The average molecular weight is 643 g/mol. The number of aryl methyl sites for hydroxylation is 4. The van der Waals surface area contributed by atoms with Gasteiger partial charge in [-0.25, -0.2) is 8.42 Å². The zero-order valence-corrected chi connectivity index (χ0v) is 26.6. The molecule has 1 aliphatic heterocycles. The monoisotopic (exact) mass is 641 g/mol. The molecule has 4 rings (SSSR count). The van der Waals surface area contributed by atoms with Crippen molar-refractivity contribution in [2.75, 3.05) is 22.8 Å². The Labute approximate surface area is 250 Å². The van der Waals surface area contributed by atoms with Crippen molar-refractivity contribution in [3.05, 3.63) is 81.3 Å². The molecule has 2 unspecified atom stereocenters. The topological polar surface area (TPSA) is 96.0 Å². The van der Waals surface area contributed by atoms with Crippen LogP contribution in [0.1, 0.15) is 42.0 Å². The van der Waals surface area contributed by atoms with Crippen molar-refractivity contribution < 1.29 is 22.7 Å². The van der Waals surface area contributed by atoms with Crippen LogP contribution in [0, 0.1) is 27.7 Å². The molecule has 1 aliphatic rings. The highest BCUT2D eigenvalue weighted by Crippen LogP contribution is 2.31. The highest BCUT2D eigenvalue weighted by molar-refractivity contribution is 9.10. The molecule has 0 spiro atoms. The van der Waals surface area contributed by atoms with Gasteiger partial charge in [0, 0.05) is 23.8 Å². The van der Waals surface area contributed by atoms with Crippen LogP contribution in [0.4, 0.5) is 11.4 Å². The molecule has 0 bridgehead atoms. The summed E-state index contributed by atoms with van der Waals surface area (Å²) in [5.74, 6) is -0.123. The highest BCUT2D eigenvalue weighted by atomic mass is 79.9. The maximum Gasteiger partial charge on any atom is 0.264 e. The fourth-order valence-electron chi connectivity index (χ4n) is 5.01. The number of benzene rings is 3. The summed E-state index contributed by atoms with van der Waals surface area (Å²) in [7, 11) is -2.25. The van der Waals surface area contributed by atoms with E-state index in [1.165, 1.54) is 11.4 Å². The van der Waals surface area contributed by atoms with Crippen LogP contribution in [-0.4, -0.2) is 46.0 Å². The SMILES string of the molecule is Cc1ccc(S(=O)(=O)N(C)c2ccc(OC(C)C(=O)NC3CCCN(c4c(C)cc(Br)cc4C)C3=O)cc2)cc1C. The number of carbonyl (C=O) groups is 2. The molecule has 218 valence electrons. The zero-order chi connectivity index (χ0) is 30.1. The van der Waals surface area contributed by atoms with E-state index in [-0.39, 0.29) is 10.8 Å². The van der Waals surface area contributed by atoms with Crippen molar-refractivity contribution in [3.63, 3.8) is 0 Å². The molecular formula is C31H36BrN3O5S. The quantitative estimate of drug-likeness (QED) is 0.346. The Morgan fingerprint density at radius 2 is 1.63 bits per heavy atom. The first-order valence-electron chi connectivity index (χ1n) is 13.5. The van der Waals surface area contributed by atoms with Crippen LogP contribution in [0.3, 0.4) is 0 Å². The van der Waals surface area contributed by atoms with E-state index in [4.69, 9.17) is 4.74 Å².